The lowest BCUT2D eigenvalue weighted by molar-refractivity contribution is -0.0142. The number of fused-ring (bicyclic) bond motifs is 1. The minimum atomic E-state index is 0.0725. The van der Waals surface area contributed by atoms with Crippen LogP contribution in [0.25, 0.3) is 0 Å². The van der Waals surface area contributed by atoms with Crippen LogP contribution in [0.2, 0.25) is 0 Å². The van der Waals surface area contributed by atoms with Gasteiger partial charge < -0.3 is 9.47 Å². The quantitative estimate of drug-likeness (QED) is 0.761. The van der Waals surface area contributed by atoms with Crippen LogP contribution >= 0.6 is 0 Å². The van der Waals surface area contributed by atoms with Gasteiger partial charge in [-0.3, -0.25) is 0 Å². The van der Waals surface area contributed by atoms with Crippen LogP contribution in [0.1, 0.15) is 39.2 Å². The van der Waals surface area contributed by atoms with Crippen molar-refractivity contribution < 1.29 is 9.47 Å². The van der Waals surface area contributed by atoms with Crippen LogP contribution in [-0.2, 0) is 16.1 Å². The molecule has 1 aliphatic heterocycles. The van der Waals surface area contributed by atoms with Gasteiger partial charge >= 0.3 is 0 Å². The fraction of sp³-hybridized carbons (Fsp3) is 0.625. The molecule has 3 rings (SSSR count). The molecule has 1 heterocycles. The van der Waals surface area contributed by atoms with E-state index in [1.54, 1.807) is 0 Å². The van der Waals surface area contributed by atoms with Gasteiger partial charge in [-0.1, -0.05) is 44.2 Å². The third-order valence-corrected chi connectivity index (χ3v) is 4.17. The molecule has 2 aliphatic rings. The number of rotatable bonds is 3. The van der Waals surface area contributed by atoms with Crippen molar-refractivity contribution in [2.45, 2.75) is 58.0 Å². The summed E-state index contributed by atoms with van der Waals surface area (Å²) >= 11 is 0. The molecule has 1 saturated carbocycles. The van der Waals surface area contributed by atoms with E-state index in [4.69, 9.17) is 9.47 Å². The van der Waals surface area contributed by atoms with Gasteiger partial charge in [0.05, 0.1) is 18.3 Å². The second kappa shape index (κ2) is 4.07. The molecule has 2 heteroatoms. The minimum absolute atomic E-state index is 0.0725. The number of benzene rings is 1. The van der Waals surface area contributed by atoms with E-state index in [0.717, 1.165) is 12.8 Å². The van der Waals surface area contributed by atoms with Gasteiger partial charge in [0.15, 0.2) is 0 Å². The predicted molar refractivity (Wildman–Crippen MR) is 71.3 cm³/mol. The molecular weight excluding hydrogens is 224 g/mol. The van der Waals surface area contributed by atoms with Crippen LogP contribution in [0, 0.1) is 5.41 Å². The summed E-state index contributed by atoms with van der Waals surface area (Å²) in [5, 5.41) is 0. The molecule has 0 bridgehead atoms. The van der Waals surface area contributed by atoms with Crippen LogP contribution < -0.4 is 0 Å². The van der Waals surface area contributed by atoms with Crippen molar-refractivity contribution in [1.29, 1.82) is 0 Å². The van der Waals surface area contributed by atoms with Crippen LogP contribution in [0.4, 0.5) is 0 Å². The maximum Gasteiger partial charge on any atom is 0.113 e. The highest BCUT2D eigenvalue weighted by Gasteiger charge is 2.62. The van der Waals surface area contributed by atoms with Crippen molar-refractivity contribution in [3.8, 4) is 0 Å². The van der Waals surface area contributed by atoms with E-state index in [1.807, 2.05) is 6.07 Å². The molecule has 2 nitrogen and oxygen atoms in total. The zero-order chi connectivity index (χ0) is 12.8. The van der Waals surface area contributed by atoms with Gasteiger partial charge in [-0.2, -0.15) is 0 Å². The zero-order valence-corrected chi connectivity index (χ0v) is 11.5. The Morgan fingerprint density at radius 1 is 1.22 bits per heavy atom. The van der Waals surface area contributed by atoms with E-state index in [2.05, 4.69) is 45.0 Å². The smallest absolute Gasteiger partial charge is 0.113 e. The Hall–Kier alpha value is -0.860. The summed E-state index contributed by atoms with van der Waals surface area (Å²) in [5.74, 6) is 0. The molecule has 98 valence electrons. The van der Waals surface area contributed by atoms with E-state index >= 15 is 0 Å². The number of ether oxygens (including phenoxy) is 2. The SMILES string of the molecule is CC1(C)C[C@H](OCc2ccccc2)[C@@H]2O[C@]2(C)C1. The minimum Gasteiger partial charge on any atom is -0.371 e. The molecule has 1 aliphatic carbocycles. The van der Waals surface area contributed by atoms with Gasteiger partial charge in [0, 0.05) is 0 Å². The molecule has 1 aromatic rings. The van der Waals surface area contributed by atoms with Crippen molar-refractivity contribution in [3.05, 3.63) is 35.9 Å². The molecule has 1 aromatic carbocycles. The Kier molecular flexibility index (Phi) is 2.76. The van der Waals surface area contributed by atoms with E-state index in [9.17, 15) is 0 Å². The van der Waals surface area contributed by atoms with Crippen LogP contribution in [0.15, 0.2) is 30.3 Å². The van der Waals surface area contributed by atoms with Crippen molar-refractivity contribution in [3.63, 3.8) is 0 Å². The Balaban J connectivity index is 1.63. The van der Waals surface area contributed by atoms with Gasteiger partial charge in [-0.15, -0.1) is 0 Å². The molecule has 1 saturated heterocycles. The Morgan fingerprint density at radius 2 is 1.94 bits per heavy atom. The first-order valence-corrected chi connectivity index (χ1v) is 6.82. The molecule has 2 fully saturated rings. The topological polar surface area (TPSA) is 21.8 Å². The molecule has 18 heavy (non-hydrogen) atoms. The highest BCUT2D eigenvalue weighted by molar-refractivity contribution is 5.14. The summed E-state index contributed by atoms with van der Waals surface area (Å²) in [6.07, 6.45) is 2.81. The molecule has 0 radical (unpaired) electrons. The largest absolute Gasteiger partial charge is 0.371 e. The van der Waals surface area contributed by atoms with E-state index in [-0.39, 0.29) is 11.7 Å². The lowest BCUT2D eigenvalue weighted by atomic mass is 9.71. The Labute approximate surface area is 109 Å². The van der Waals surface area contributed by atoms with Crippen molar-refractivity contribution in [2.75, 3.05) is 0 Å². The van der Waals surface area contributed by atoms with Crippen molar-refractivity contribution in [1.82, 2.24) is 0 Å². The molecular formula is C16H22O2. The number of epoxide rings is 1. The first-order chi connectivity index (χ1) is 8.49. The normalized spacial score (nSPS) is 37.1. The third-order valence-electron chi connectivity index (χ3n) is 4.17. The fourth-order valence-corrected chi connectivity index (χ4v) is 3.47. The van der Waals surface area contributed by atoms with E-state index in [1.165, 1.54) is 5.56 Å². The summed E-state index contributed by atoms with van der Waals surface area (Å²) in [6, 6.07) is 10.4. The summed E-state index contributed by atoms with van der Waals surface area (Å²) in [7, 11) is 0. The Morgan fingerprint density at radius 3 is 2.67 bits per heavy atom. The average Bonchev–Trinajstić information content (AvgIpc) is 2.97. The number of hydrogen-bond acceptors (Lipinski definition) is 2. The predicted octanol–water partition coefficient (Wildman–Crippen LogP) is 3.55. The van der Waals surface area contributed by atoms with Gasteiger partial charge in [-0.05, 0) is 30.7 Å². The standard InChI is InChI=1S/C16H22O2/c1-15(2)9-13(14-16(3,11-15)18-14)17-10-12-7-5-4-6-8-12/h4-8,13-14H,9-11H2,1-3H3/t13-,14-,16+/m0/s1. The molecule has 3 atom stereocenters. The highest BCUT2D eigenvalue weighted by atomic mass is 16.6. The van der Waals surface area contributed by atoms with E-state index in [0.29, 0.717) is 18.1 Å². The van der Waals surface area contributed by atoms with Gasteiger partial charge in [0.2, 0.25) is 0 Å². The molecule has 0 amide bonds. The maximum absolute atomic E-state index is 6.10. The van der Waals surface area contributed by atoms with E-state index < -0.39 is 0 Å². The van der Waals surface area contributed by atoms with Crippen molar-refractivity contribution in [2.24, 2.45) is 5.41 Å². The third kappa shape index (κ3) is 2.32. The van der Waals surface area contributed by atoms with Crippen LogP contribution in [0.5, 0.6) is 0 Å². The summed E-state index contributed by atoms with van der Waals surface area (Å²) < 4.78 is 12.0. The molecule has 0 spiro atoms. The monoisotopic (exact) mass is 246 g/mol. The molecule has 0 unspecified atom stereocenters. The lowest BCUT2D eigenvalue weighted by Gasteiger charge is -2.35. The van der Waals surface area contributed by atoms with Gasteiger partial charge in [0.25, 0.3) is 0 Å². The summed E-state index contributed by atoms with van der Waals surface area (Å²) in [4.78, 5) is 0. The van der Waals surface area contributed by atoms with Gasteiger partial charge in [-0.25, -0.2) is 0 Å². The zero-order valence-electron chi connectivity index (χ0n) is 11.5. The maximum atomic E-state index is 6.10. The second-order valence-corrected chi connectivity index (χ2v) is 6.73. The van der Waals surface area contributed by atoms with Crippen LogP contribution in [0.3, 0.4) is 0 Å². The van der Waals surface area contributed by atoms with Crippen molar-refractivity contribution >= 4 is 0 Å². The highest BCUT2D eigenvalue weighted by Crippen LogP contribution is 2.54. The molecule has 0 aromatic heterocycles. The average molecular weight is 246 g/mol. The first kappa shape index (κ1) is 12.2. The van der Waals surface area contributed by atoms with Gasteiger partial charge in [0.1, 0.15) is 6.10 Å². The second-order valence-electron chi connectivity index (χ2n) is 6.73. The number of hydrogen-bond donors (Lipinski definition) is 0. The Bertz CT molecular complexity index is 423. The summed E-state index contributed by atoms with van der Waals surface area (Å²) in [6.45, 7) is 7.54. The molecule has 0 N–H and O–H groups in total. The lowest BCUT2D eigenvalue weighted by Crippen LogP contribution is -2.39. The van der Waals surface area contributed by atoms with Crippen LogP contribution in [-0.4, -0.2) is 17.8 Å². The summed E-state index contributed by atoms with van der Waals surface area (Å²) in [5.41, 5.74) is 1.63. The fourth-order valence-electron chi connectivity index (χ4n) is 3.47. The first-order valence-electron chi connectivity index (χ1n) is 6.82.